The van der Waals surface area contributed by atoms with Crippen LogP contribution in [0.4, 0.5) is 0 Å². The molecule has 1 aromatic rings. The van der Waals surface area contributed by atoms with Crippen molar-refractivity contribution in [2.45, 2.75) is 13.3 Å². The molecule has 1 atom stereocenters. The minimum Gasteiger partial charge on any atom is -0.497 e. The van der Waals surface area contributed by atoms with E-state index in [0.717, 1.165) is 11.3 Å². The van der Waals surface area contributed by atoms with E-state index in [9.17, 15) is 9.59 Å². The summed E-state index contributed by atoms with van der Waals surface area (Å²) in [4.78, 5) is 23.3. The third-order valence-corrected chi connectivity index (χ3v) is 2.66. The lowest BCUT2D eigenvalue weighted by atomic mass is 9.99. The molecule has 0 radical (unpaired) electrons. The van der Waals surface area contributed by atoms with Gasteiger partial charge < -0.3 is 14.2 Å². The number of esters is 2. The second-order valence-corrected chi connectivity index (χ2v) is 3.88. The number of carbonyl (C=O) groups is 2. The van der Waals surface area contributed by atoms with Gasteiger partial charge in [0, 0.05) is 0 Å². The number of methoxy groups -OCH3 is 2. The van der Waals surface area contributed by atoms with Crippen LogP contribution in [0.5, 0.6) is 5.75 Å². The summed E-state index contributed by atoms with van der Waals surface area (Å²) >= 11 is 0. The molecule has 19 heavy (non-hydrogen) atoms. The fourth-order valence-electron chi connectivity index (χ4n) is 1.65. The SMILES string of the molecule is CCOC(=O)C(Cc1ccc(OC)cc1)C(=O)OC. The van der Waals surface area contributed by atoms with Gasteiger partial charge in [-0.25, -0.2) is 0 Å². The second kappa shape index (κ2) is 7.41. The Morgan fingerprint density at radius 2 is 1.74 bits per heavy atom. The maximum atomic E-state index is 11.7. The topological polar surface area (TPSA) is 61.8 Å². The summed E-state index contributed by atoms with van der Waals surface area (Å²) < 4.78 is 14.6. The Hall–Kier alpha value is -2.04. The summed E-state index contributed by atoms with van der Waals surface area (Å²) in [7, 11) is 2.83. The fourth-order valence-corrected chi connectivity index (χ4v) is 1.65. The van der Waals surface area contributed by atoms with Gasteiger partial charge in [-0.1, -0.05) is 12.1 Å². The van der Waals surface area contributed by atoms with Crippen molar-refractivity contribution < 1.29 is 23.8 Å². The van der Waals surface area contributed by atoms with Crippen molar-refractivity contribution in [2.24, 2.45) is 5.92 Å². The minimum absolute atomic E-state index is 0.231. The van der Waals surface area contributed by atoms with Crippen LogP contribution in [-0.4, -0.2) is 32.8 Å². The molecule has 0 N–H and O–H groups in total. The molecule has 0 amide bonds. The van der Waals surface area contributed by atoms with Crippen LogP contribution in [-0.2, 0) is 25.5 Å². The highest BCUT2D eigenvalue weighted by atomic mass is 16.5. The maximum Gasteiger partial charge on any atom is 0.320 e. The Balaban J connectivity index is 2.81. The van der Waals surface area contributed by atoms with Gasteiger partial charge in [0.15, 0.2) is 5.92 Å². The van der Waals surface area contributed by atoms with Crippen molar-refractivity contribution >= 4 is 11.9 Å². The number of benzene rings is 1. The third-order valence-electron chi connectivity index (χ3n) is 2.66. The Kier molecular flexibility index (Phi) is 5.85. The molecule has 0 bridgehead atoms. The summed E-state index contributed by atoms with van der Waals surface area (Å²) in [6.45, 7) is 1.93. The standard InChI is InChI=1S/C14H18O5/c1-4-19-14(16)12(13(15)18-3)9-10-5-7-11(17-2)8-6-10/h5-8,12H,4,9H2,1-3H3. The van der Waals surface area contributed by atoms with E-state index in [2.05, 4.69) is 4.74 Å². The number of hydrogen-bond donors (Lipinski definition) is 0. The number of carbonyl (C=O) groups excluding carboxylic acids is 2. The van der Waals surface area contributed by atoms with E-state index in [1.807, 2.05) is 0 Å². The van der Waals surface area contributed by atoms with E-state index in [1.165, 1.54) is 7.11 Å². The van der Waals surface area contributed by atoms with Crippen LogP contribution in [0.15, 0.2) is 24.3 Å². The molecule has 104 valence electrons. The molecule has 5 heteroatoms. The quantitative estimate of drug-likeness (QED) is 0.578. The van der Waals surface area contributed by atoms with Crippen molar-refractivity contribution in [3.63, 3.8) is 0 Å². The van der Waals surface area contributed by atoms with Gasteiger partial charge in [0.25, 0.3) is 0 Å². The molecule has 1 unspecified atom stereocenters. The lowest BCUT2D eigenvalue weighted by Crippen LogP contribution is -2.29. The first-order chi connectivity index (χ1) is 9.12. The molecule has 0 aliphatic carbocycles. The molecule has 0 fully saturated rings. The Morgan fingerprint density at radius 1 is 1.11 bits per heavy atom. The van der Waals surface area contributed by atoms with Crippen molar-refractivity contribution in [1.82, 2.24) is 0 Å². The van der Waals surface area contributed by atoms with Crippen LogP contribution < -0.4 is 4.74 Å². The van der Waals surface area contributed by atoms with E-state index in [-0.39, 0.29) is 13.0 Å². The maximum absolute atomic E-state index is 11.7. The number of hydrogen-bond acceptors (Lipinski definition) is 5. The average molecular weight is 266 g/mol. The van der Waals surface area contributed by atoms with Crippen molar-refractivity contribution in [2.75, 3.05) is 20.8 Å². The first-order valence-corrected chi connectivity index (χ1v) is 5.99. The average Bonchev–Trinajstić information content (AvgIpc) is 2.44. The fraction of sp³-hybridized carbons (Fsp3) is 0.429. The lowest BCUT2D eigenvalue weighted by Gasteiger charge is -2.13. The Labute approximate surface area is 112 Å². The van der Waals surface area contributed by atoms with E-state index in [4.69, 9.17) is 9.47 Å². The van der Waals surface area contributed by atoms with Gasteiger partial charge in [0.05, 0.1) is 20.8 Å². The summed E-state index contributed by atoms with van der Waals surface area (Å²) in [6.07, 6.45) is 0.246. The smallest absolute Gasteiger partial charge is 0.320 e. The molecular formula is C14H18O5. The van der Waals surface area contributed by atoms with Crippen LogP contribution in [0.1, 0.15) is 12.5 Å². The predicted octanol–water partition coefficient (Wildman–Crippen LogP) is 1.59. The lowest BCUT2D eigenvalue weighted by molar-refractivity contribution is -0.160. The van der Waals surface area contributed by atoms with Crippen LogP contribution in [0, 0.1) is 5.92 Å². The Bertz CT molecular complexity index is 424. The van der Waals surface area contributed by atoms with E-state index < -0.39 is 17.9 Å². The zero-order valence-electron chi connectivity index (χ0n) is 11.3. The highest BCUT2D eigenvalue weighted by Crippen LogP contribution is 2.16. The first kappa shape index (κ1) is 15.0. The normalized spacial score (nSPS) is 11.5. The van der Waals surface area contributed by atoms with Gasteiger partial charge in [-0.15, -0.1) is 0 Å². The molecule has 0 aliphatic heterocycles. The van der Waals surface area contributed by atoms with E-state index in [0.29, 0.717) is 0 Å². The Morgan fingerprint density at radius 3 is 2.21 bits per heavy atom. The van der Waals surface area contributed by atoms with Gasteiger partial charge in [0.1, 0.15) is 5.75 Å². The van der Waals surface area contributed by atoms with Gasteiger partial charge in [0.2, 0.25) is 0 Å². The van der Waals surface area contributed by atoms with Gasteiger partial charge in [-0.2, -0.15) is 0 Å². The second-order valence-electron chi connectivity index (χ2n) is 3.88. The van der Waals surface area contributed by atoms with Crippen molar-refractivity contribution in [3.05, 3.63) is 29.8 Å². The zero-order valence-corrected chi connectivity index (χ0v) is 11.3. The molecule has 0 heterocycles. The van der Waals surface area contributed by atoms with Crippen LogP contribution in [0.3, 0.4) is 0 Å². The van der Waals surface area contributed by atoms with Crippen LogP contribution in [0.2, 0.25) is 0 Å². The number of ether oxygens (including phenoxy) is 3. The molecule has 0 saturated heterocycles. The molecule has 1 rings (SSSR count). The largest absolute Gasteiger partial charge is 0.497 e. The van der Waals surface area contributed by atoms with Crippen molar-refractivity contribution in [1.29, 1.82) is 0 Å². The molecule has 0 aromatic heterocycles. The zero-order chi connectivity index (χ0) is 14.3. The van der Waals surface area contributed by atoms with E-state index in [1.54, 1.807) is 38.3 Å². The third kappa shape index (κ3) is 4.28. The van der Waals surface area contributed by atoms with Crippen LogP contribution >= 0.6 is 0 Å². The molecular weight excluding hydrogens is 248 g/mol. The summed E-state index contributed by atoms with van der Waals surface area (Å²) in [5.41, 5.74) is 0.837. The highest BCUT2D eigenvalue weighted by molar-refractivity contribution is 5.95. The first-order valence-electron chi connectivity index (χ1n) is 5.99. The molecule has 0 saturated carbocycles. The van der Waals surface area contributed by atoms with Gasteiger partial charge >= 0.3 is 11.9 Å². The molecule has 5 nitrogen and oxygen atoms in total. The highest BCUT2D eigenvalue weighted by Gasteiger charge is 2.29. The van der Waals surface area contributed by atoms with Crippen molar-refractivity contribution in [3.8, 4) is 5.75 Å². The summed E-state index contributed by atoms with van der Waals surface area (Å²) in [6, 6.07) is 7.14. The monoisotopic (exact) mass is 266 g/mol. The number of rotatable bonds is 6. The minimum atomic E-state index is -0.932. The summed E-state index contributed by atoms with van der Waals surface area (Å²) in [5.74, 6) is -1.37. The molecule has 0 spiro atoms. The predicted molar refractivity (Wildman–Crippen MR) is 68.8 cm³/mol. The molecule has 1 aromatic carbocycles. The summed E-state index contributed by atoms with van der Waals surface area (Å²) in [5, 5.41) is 0. The van der Waals surface area contributed by atoms with Gasteiger partial charge in [-0.05, 0) is 31.0 Å². The van der Waals surface area contributed by atoms with E-state index >= 15 is 0 Å². The van der Waals surface area contributed by atoms with Crippen LogP contribution in [0.25, 0.3) is 0 Å². The molecule has 0 aliphatic rings. The van der Waals surface area contributed by atoms with Gasteiger partial charge in [-0.3, -0.25) is 9.59 Å².